The van der Waals surface area contributed by atoms with E-state index in [2.05, 4.69) is 49.1 Å². The largest absolute Gasteiger partial charge is 0.444 e. The lowest BCUT2D eigenvalue weighted by Crippen LogP contribution is -2.45. The SMILES string of the molecule is Cc1ncnc2c1ccn2[C@@H]1O[C@H](C(NC(=O)OC(C)(C)C)c2ccc(Cl)cc2CCO[Si](C)(C)C(C)(C)C)[C@H]2OC(C)(C)O[C@H]21. The number of aromatic nitrogens is 3. The quantitative estimate of drug-likeness (QED) is 0.243. The molecule has 3 aromatic rings. The molecule has 46 heavy (non-hydrogen) atoms. The highest BCUT2D eigenvalue weighted by molar-refractivity contribution is 6.74. The molecular weight excluding hydrogens is 624 g/mol. The lowest BCUT2D eigenvalue weighted by atomic mass is 9.91. The van der Waals surface area contributed by atoms with Crippen molar-refractivity contribution in [2.75, 3.05) is 6.61 Å². The van der Waals surface area contributed by atoms with E-state index in [1.165, 1.54) is 0 Å². The van der Waals surface area contributed by atoms with E-state index in [-0.39, 0.29) is 5.04 Å². The predicted molar refractivity (Wildman–Crippen MR) is 180 cm³/mol. The fourth-order valence-corrected chi connectivity index (χ4v) is 7.14. The first-order chi connectivity index (χ1) is 21.3. The maximum Gasteiger partial charge on any atom is 0.408 e. The van der Waals surface area contributed by atoms with Gasteiger partial charge in [-0.2, -0.15) is 0 Å². The average Bonchev–Trinajstić information content (AvgIpc) is 3.57. The fraction of sp³-hybridized carbons (Fsp3) is 0.618. The molecule has 252 valence electrons. The molecule has 2 saturated heterocycles. The summed E-state index contributed by atoms with van der Waals surface area (Å²) in [5, 5.41) is 4.74. The van der Waals surface area contributed by atoms with Crippen LogP contribution in [0.2, 0.25) is 23.2 Å². The summed E-state index contributed by atoms with van der Waals surface area (Å²) in [5.41, 5.74) is 2.70. The molecular formula is C34H49ClN4O6Si. The number of carbonyl (C=O) groups excluding carboxylic acids is 1. The zero-order valence-electron chi connectivity index (χ0n) is 28.9. The van der Waals surface area contributed by atoms with Gasteiger partial charge in [-0.25, -0.2) is 14.8 Å². The monoisotopic (exact) mass is 672 g/mol. The first-order valence-electron chi connectivity index (χ1n) is 16.0. The summed E-state index contributed by atoms with van der Waals surface area (Å²) in [6.07, 6.45) is 1.29. The molecule has 2 aromatic heterocycles. The van der Waals surface area contributed by atoms with Gasteiger partial charge in [0.25, 0.3) is 0 Å². The Hall–Kier alpha value is -2.54. The van der Waals surface area contributed by atoms with Crippen LogP contribution < -0.4 is 5.32 Å². The molecule has 0 bridgehead atoms. The molecule has 5 atom stereocenters. The van der Waals surface area contributed by atoms with E-state index in [0.717, 1.165) is 27.9 Å². The van der Waals surface area contributed by atoms with Crippen molar-refractivity contribution >= 4 is 37.0 Å². The third kappa shape index (κ3) is 7.29. The molecule has 0 saturated carbocycles. The van der Waals surface area contributed by atoms with Gasteiger partial charge in [-0.1, -0.05) is 38.4 Å². The Balaban J connectivity index is 1.55. The van der Waals surface area contributed by atoms with Crippen LogP contribution in [0.15, 0.2) is 36.8 Å². The predicted octanol–water partition coefficient (Wildman–Crippen LogP) is 7.64. The molecule has 2 fully saturated rings. The van der Waals surface area contributed by atoms with Crippen molar-refractivity contribution in [3.8, 4) is 0 Å². The van der Waals surface area contributed by atoms with Crippen LogP contribution in [-0.2, 0) is 29.8 Å². The van der Waals surface area contributed by atoms with Gasteiger partial charge in [0.15, 0.2) is 20.3 Å². The highest BCUT2D eigenvalue weighted by Gasteiger charge is 2.58. The van der Waals surface area contributed by atoms with E-state index in [4.69, 9.17) is 35.0 Å². The zero-order valence-corrected chi connectivity index (χ0v) is 30.7. The molecule has 2 aliphatic rings. The van der Waals surface area contributed by atoms with E-state index in [1.807, 2.05) is 76.6 Å². The van der Waals surface area contributed by atoms with Crippen LogP contribution in [0.3, 0.4) is 0 Å². The van der Waals surface area contributed by atoms with Crippen molar-refractivity contribution in [3.63, 3.8) is 0 Å². The number of rotatable bonds is 8. The van der Waals surface area contributed by atoms with Gasteiger partial charge in [-0.3, -0.25) is 0 Å². The van der Waals surface area contributed by atoms with Crippen molar-refractivity contribution in [1.29, 1.82) is 0 Å². The number of hydrogen-bond acceptors (Lipinski definition) is 8. The maximum absolute atomic E-state index is 13.4. The maximum atomic E-state index is 13.4. The van der Waals surface area contributed by atoms with E-state index in [1.54, 1.807) is 6.33 Å². The van der Waals surface area contributed by atoms with Gasteiger partial charge in [0.05, 0.1) is 11.7 Å². The van der Waals surface area contributed by atoms with Gasteiger partial charge in [-0.05, 0) is 95.4 Å². The van der Waals surface area contributed by atoms with E-state index in [9.17, 15) is 4.79 Å². The number of fused-ring (bicyclic) bond motifs is 2. The molecule has 10 nitrogen and oxygen atoms in total. The molecule has 2 aliphatic heterocycles. The molecule has 0 aliphatic carbocycles. The Morgan fingerprint density at radius 3 is 2.48 bits per heavy atom. The number of carbonyl (C=O) groups is 1. The van der Waals surface area contributed by atoms with Gasteiger partial charge in [0, 0.05) is 23.2 Å². The Labute approximate surface area is 278 Å². The summed E-state index contributed by atoms with van der Waals surface area (Å²) in [6, 6.07) is 7.03. The first kappa shape index (κ1) is 34.8. The van der Waals surface area contributed by atoms with Crippen LogP contribution in [0.5, 0.6) is 0 Å². The Kier molecular flexibility index (Phi) is 9.44. The first-order valence-corrected chi connectivity index (χ1v) is 19.3. The van der Waals surface area contributed by atoms with Crippen molar-refractivity contribution in [2.24, 2.45) is 0 Å². The minimum atomic E-state index is -1.99. The number of nitrogens with zero attached hydrogens (tertiary/aromatic N) is 3. The van der Waals surface area contributed by atoms with Crippen LogP contribution in [0.1, 0.15) is 84.5 Å². The van der Waals surface area contributed by atoms with E-state index < -0.39 is 56.4 Å². The number of aryl methyl sites for hydroxylation is 1. The number of alkyl carbamates (subject to hydrolysis) is 1. The average molecular weight is 673 g/mol. The molecule has 1 N–H and O–H groups in total. The fourth-order valence-electron chi connectivity index (χ4n) is 5.90. The van der Waals surface area contributed by atoms with Crippen LogP contribution in [-0.4, -0.2) is 65.3 Å². The molecule has 12 heteroatoms. The van der Waals surface area contributed by atoms with Gasteiger partial charge in [-0.15, -0.1) is 0 Å². The molecule has 1 unspecified atom stereocenters. The number of benzene rings is 1. The number of ether oxygens (including phenoxy) is 4. The lowest BCUT2D eigenvalue weighted by molar-refractivity contribution is -0.199. The summed E-state index contributed by atoms with van der Waals surface area (Å²) in [5.74, 6) is -0.875. The highest BCUT2D eigenvalue weighted by atomic mass is 35.5. The second-order valence-electron chi connectivity index (χ2n) is 15.3. The zero-order chi connectivity index (χ0) is 33.8. The van der Waals surface area contributed by atoms with Crippen LogP contribution >= 0.6 is 11.6 Å². The van der Waals surface area contributed by atoms with Crippen molar-refractivity contribution < 1.29 is 28.2 Å². The van der Waals surface area contributed by atoms with E-state index in [0.29, 0.717) is 18.1 Å². The lowest BCUT2D eigenvalue weighted by Gasteiger charge is -2.36. The normalized spacial score (nSPS) is 23.8. The van der Waals surface area contributed by atoms with Crippen LogP contribution in [0.4, 0.5) is 4.79 Å². The summed E-state index contributed by atoms with van der Waals surface area (Å²) >= 11 is 6.57. The third-order valence-corrected chi connectivity index (χ3v) is 13.9. The number of amides is 1. The summed E-state index contributed by atoms with van der Waals surface area (Å²) < 4.78 is 34.2. The minimum absolute atomic E-state index is 0.0748. The number of hydrogen-bond donors (Lipinski definition) is 1. The van der Waals surface area contributed by atoms with E-state index >= 15 is 0 Å². The second kappa shape index (κ2) is 12.5. The van der Waals surface area contributed by atoms with Crippen LogP contribution in [0.25, 0.3) is 11.0 Å². The minimum Gasteiger partial charge on any atom is -0.444 e. The molecule has 4 heterocycles. The van der Waals surface area contributed by atoms with Gasteiger partial charge < -0.3 is 33.3 Å². The smallest absolute Gasteiger partial charge is 0.408 e. The summed E-state index contributed by atoms with van der Waals surface area (Å²) in [4.78, 5) is 22.4. The standard InChI is InChI=1S/C34H49ClN4O6Si/c1-20-23-14-16-39(29(23)37-19-36-20)30-28-27(43-34(8,9)44-28)26(42-30)25(38-31(40)45-32(2,3)4)24-13-12-22(35)18-21(24)15-17-41-46(10,11)33(5,6)7/h12-14,16,18-19,25-28,30H,15,17H2,1-11H3,(H,38,40)/t25?,26-,27-,28-,30-/m1/s1. The van der Waals surface area contributed by atoms with Crippen molar-refractivity contribution in [2.45, 2.75) is 129 Å². The Morgan fingerprint density at radius 1 is 1.11 bits per heavy atom. The molecule has 0 radical (unpaired) electrons. The third-order valence-electron chi connectivity index (χ3n) is 9.13. The van der Waals surface area contributed by atoms with Crippen LogP contribution in [0, 0.1) is 6.92 Å². The summed E-state index contributed by atoms with van der Waals surface area (Å²) in [6.45, 7) is 22.9. The molecule has 0 spiro atoms. The van der Waals surface area contributed by atoms with Crippen molar-refractivity contribution in [3.05, 3.63) is 58.6 Å². The summed E-state index contributed by atoms with van der Waals surface area (Å²) in [7, 11) is -1.99. The number of halogens is 1. The molecule has 1 aromatic carbocycles. The second-order valence-corrected chi connectivity index (χ2v) is 20.5. The van der Waals surface area contributed by atoms with Gasteiger partial charge in [0.1, 0.15) is 35.9 Å². The van der Waals surface area contributed by atoms with Crippen molar-refractivity contribution in [1.82, 2.24) is 19.9 Å². The molecule has 1 amide bonds. The Morgan fingerprint density at radius 2 is 1.80 bits per heavy atom. The topological polar surface area (TPSA) is 106 Å². The Bertz CT molecular complexity index is 1580. The molecule has 5 rings (SSSR count). The van der Waals surface area contributed by atoms with Gasteiger partial charge >= 0.3 is 6.09 Å². The number of nitrogens with one attached hydrogen (secondary N) is 1. The highest BCUT2D eigenvalue weighted by Crippen LogP contribution is 2.48. The van der Waals surface area contributed by atoms with Gasteiger partial charge in [0.2, 0.25) is 0 Å².